The molecule has 0 aliphatic heterocycles. The highest BCUT2D eigenvalue weighted by atomic mass is 35.5. The first-order valence-corrected chi connectivity index (χ1v) is 5.25. The van der Waals surface area contributed by atoms with Gasteiger partial charge in [0.15, 0.2) is 0 Å². The summed E-state index contributed by atoms with van der Waals surface area (Å²) in [5.41, 5.74) is 0.630. The summed E-state index contributed by atoms with van der Waals surface area (Å²) in [6.07, 6.45) is 0.161. The summed E-state index contributed by atoms with van der Waals surface area (Å²) in [4.78, 5) is 0. The number of hydrogen-bond acceptors (Lipinski definition) is 3. The van der Waals surface area contributed by atoms with Crippen molar-refractivity contribution < 1.29 is 14.9 Å². The van der Waals surface area contributed by atoms with E-state index in [4.69, 9.17) is 21.4 Å². The molecule has 0 fully saturated rings. The molecule has 0 radical (unpaired) electrons. The maximum Gasteiger partial charge on any atom is 0.125 e. The van der Waals surface area contributed by atoms with E-state index >= 15 is 0 Å². The van der Waals surface area contributed by atoms with Gasteiger partial charge in [0.1, 0.15) is 12.4 Å². The largest absolute Gasteiger partial charge is 0.491 e. The number of aliphatic hydroxyl groups is 2. The molecule has 0 aromatic heterocycles. The molecule has 0 spiro atoms. The molecule has 0 amide bonds. The predicted molar refractivity (Wildman–Crippen MR) is 59.2 cm³/mol. The normalized spacial score (nSPS) is 12.5. The Morgan fingerprint density at radius 1 is 1.47 bits per heavy atom. The van der Waals surface area contributed by atoms with E-state index in [2.05, 4.69) is 0 Å². The van der Waals surface area contributed by atoms with Crippen LogP contribution in [0, 0.1) is 0 Å². The van der Waals surface area contributed by atoms with Crippen molar-refractivity contribution in [3.8, 4) is 5.75 Å². The fourth-order valence-electron chi connectivity index (χ4n) is 1.12. The Kier molecular flexibility index (Phi) is 4.88. The van der Waals surface area contributed by atoms with Crippen molar-refractivity contribution in [1.29, 1.82) is 0 Å². The molecule has 84 valence electrons. The minimum Gasteiger partial charge on any atom is -0.491 e. The maximum absolute atomic E-state index is 9.32. The van der Waals surface area contributed by atoms with E-state index in [0.29, 0.717) is 22.8 Å². The molecule has 2 N–H and O–H groups in total. The Bertz CT molecular complexity index is 315. The number of benzene rings is 1. The summed E-state index contributed by atoms with van der Waals surface area (Å²) >= 11 is 5.77. The molecule has 0 bridgehead atoms. The van der Waals surface area contributed by atoms with E-state index in [0.717, 1.165) is 0 Å². The van der Waals surface area contributed by atoms with Gasteiger partial charge in [-0.1, -0.05) is 18.5 Å². The van der Waals surface area contributed by atoms with Crippen LogP contribution in [0.25, 0.3) is 0 Å². The summed E-state index contributed by atoms with van der Waals surface area (Å²) in [6.45, 7) is 1.98. The van der Waals surface area contributed by atoms with Crippen molar-refractivity contribution >= 4 is 11.6 Å². The van der Waals surface area contributed by atoms with E-state index in [1.165, 1.54) is 0 Å². The van der Waals surface area contributed by atoms with E-state index in [-0.39, 0.29) is 13.2 Å². The highest BCUT2D eigenvalue weighted by Gasteiger charge is 2.06. The summed E-state index contributed by atoms with van der Waals surface area (Å²) in [7, 11) is 0. The quantitative estimate of drug-likeness (QED) is 0.813. The SMILES string of the molecule is CCC(O)COc1ccc(Cl)cc1CO. The highest BCUT2D eigenvalue weighted by molar-refractivity contribution is 6.30. The fraction of sp³-hybridized carbons (Fsp3) is 0.455. The second kappa shape index (κ2) is 5.95. The van der Waals surface area contributed by atoms with Crippen LogP contribution in [-0.4, -0.2) is 22.9 Å². The molecule has 15 heavy (non-hydrogen) atoms. The van der Waals surface area contributed by atoms with Crippen molar-refractivity contribution in [3.05, 3.63) is 28.8 Å². The zero-order valence-corrected chi connectivity index (χ0v) is 9.37. The number of rotatable bonds is 5. The van der Waals surface area contributed by atoms with Crippen LogP contribution in [-0.2, 0) is 6.61 Å². The fourth-order valence-corrected chi connectivity index (χ4v) is 1.31. The van der Waals surface area contributed by atoms with Crippen molar-refractivity contribution in [2.24, 2.45) is 0 Å². The molecule has 3 nitrogen and oxygen atoms in total. The topological polar surface area (TPSA) is 49.7 Å². The summed E-state index contributed by atoms with van der Waals surface area (Å²) in [5, 5.41) is 18.9. The average Bonchev–Trinajstić information content (AvgIpc) is 2.26. The van der Waals surface area contributed by atoms with Gasteiger partial charge < -0.3 is 14.9 Å². The molecule has 0 heterocycles. The smallest absolute Gasteiger partial charge is 0.125 e. The van der Waals surface area contributed by atoms with Crippen LogP contribution in [0.3, 0.4) is 0 Å². The Balaban J connectivity index is 2.67. The molecular formula is C11H15ClO3. The van der Waals surface area contributed by atoms with E-state index < -0.39 is 6.10 Å². The highest BCUT2D eigenvalue weighted by Crippen LogP contribution is 2.23. The monoisotopic (exact) mass is 230 g/mol. The Hall–Kier alpha value is -0.770. The number of hydrogen-bond donors (Lipinski definition) is 2. The van der Waals surface area contributed by atoms with Crippen molar-refractivity contribution in [2.75, 3.05) is 6.61 Å². The zero-order valence-electron chi connectivity index (χ0n) is 8.61. The standard InChI is InChI=1S/C11H15ClO3/c1-2-10(14)7-15-11-4-3-9(12)5-8(11)6-13/h3-5,10,13-14H,2,6-7H2,1H3. The molecule has 0 aliphatic rings. The third kappa shape index (κ3) is 3.70. The third-order valence-electron chi connectivity index (χ3n) is 2.10. The van der Waals surface area contributed by atoms with Gasteiger partial charge in [0.05, 0.1) is 12.7 Å². The van der Waals surface area contributed by atoms with Crippen LogP contribution in [0.1, 0.15) is 18.9 Å². The van der Waals surface area contributed by atoms with Crippen LogP contribution in [0.15, 0.2) is 18.2 Å². The van der Waals surface area contributed by atoms with Gasteiger partial charge in [-0.15, -0.1) is 0 Å². The lowest BCUT2D eigenvalue weighted by atomic mass is 10.2. The lowest BCUT2D eigenvalue weighted by Gasteiger charge is -2.13. The Labute approximate surface area is 94.3 Å². The van der Waals surface area contributed by atoms with Gasteiger partial charge >= 0.3 is 0 Å². The van der Waals surface area contributed by atoms with Crippen molar-refractivity contribution in [3.63, 3.8) is 0 Å². The zero-order chi connectivity index (χ0) is 11.3. The molecule has 1 atom stereocenters. The maximum atomic E-state index is 9.32. The van der Waals surface area contributed by atoms with Gasteiger partial charge in [-0.25, -0.2) is 0 Å². The second-order valence-electron chi connectivity index (χ2n) is 3.28. The van der Waals surface area contributed by atoms with Crippen LogP contribution in [0.2, 0.25) is 5.02 Å². The lowest BCUT2D eigenvalue weighted by molar-refractivity contribution is 0.103. The number of halogens is 1. The van der Waals surface area contributed by atoms with Crippen LogP contribution >= 0.6 is 11.6 Å². The van der Waals surface area contributed by atoms with Crippen molar-refractivity contribution in [2.45, 2.75) is 26.1 Å². The second-order valence-corrected chi connectivity index (χ2v) is 3.72. The predicted octanol–water partition coefficient (Wildman–Crippen LogP) is 1.98. The van der Waals surface area contributed by atoms with Crippen LogP contribution in [0.5, 0.6) is 5.75 Å². The van der Waals surface area contributed by atoms with Gasteiger partial charge in [-0.2, -0.15) is 0 Å². The van der Waals surface area contributed by atoms with Crippen molar-refractivity contribution in [1.82, 2.24) is 0 Å². The summed E-state index contributed by atoms with van der Waals surface area (Å²) in [5.74, 6) is 0.564. The van der Waals surface area contributed by atoms with E-state index in [9.17, 15) is 5.11 Å². The van der Waals surface area contributed by atoms with Gasteiger partial charge in [-0.3, -0.25) is 0 Å². The van der Waals surface area contributed by atoms with Gasteiger partial charge in [0, 0.05) is 10.6 Å². The first kappa shape index (κ1) is 12.3. The lowest BCUT2D eigenvalue weighted by Crippen LogP contribution is -2.16. The molecule has 1 rings (SSSR count). The van der Waals surface area contributed by atoms with E-state index in [1.807, 2.05) is 6.92 Å². The molecular weight excluding hydrogens is 216 g/mol. The Morgan fingerprint density at radius 2 is 2.20 bits per heavy atom. The minimum absolute atomic E-state index is 0.127. The van der Waals surface area contributed by atoms with Gasteiger partial charge in [0.25, 0.3) is 0 Å². The molecule has 1 unspecified atom stereocenters. The first-order valence-electron chi connectivity index (χ1n) is 4.87. The molecule has 1 aromatic rings. The first-order chi connectivity index (χ1) is 7.17. The minimum atomic E-state index is -0.479. The molecule has 1 aromatic carbocycles. The average molecular weight is 231 g/mol. The Morgan fingerprint density at radius 3 is 2.80 bits per heavy atom. The van der Waals surface area contributed by atoms with Gasteiger partial charge in [0.2, 0.25) is 0 Å². The number of ether oxygens (including phenoxy) is 1. The number of aliphatic hydroxyl groups excluding tert-OH is 2. The molecule has 4 heteroatoms. The molecule has 0 saturated heterocycles. The van der Waals surface area contributed by atoms with E-state index in [1.54, 1.807) is 18.2 Å². The summed E-state index contributed by atoms with van der Waals surface area (Å²) in [6, 6.07) is 5.03. The molecule has 0 saturated carbocycles. The van der Waals surface area contributed by atoms with Crippen LogP contribution < -0.4 is 4.74 Å². The third-order valence-corrected chi connectivity index (χ3v) is 2.33. The summed E-state index contributed by atoms with van der Waals surface area (Å²) < 4.78 is 5.37. The molecule has 0 aliphatic carbocycles. The van der Waals surface area contributed by atoms with Gasteiger partial charge in [-0.05, 0) is 24.6 Å². The van der Waals surface area contributed by atoms with Crippen LogP contribution in [0.4, 0.5) is 0 Å².